The summed E-state index contributed by atoms with van der Waals surface area (Å²) in [7, 11) is 0. The average Bonchev–Trinajstić information content (AvgIpc) is 2.68. The summed E-state index contributed by atoms with van der Waals surface area (Å²) in [4.78, 5) is 8.15. The highest BCUT2D eigenvalue weighted by Crippen LogP contribution is 2.31. The minimum absolute atomic E-state index is 0.0586. The summed E-state index contributed by atoms with van der Waals surface area (Å²) in [5.41, 5.74) is 5.14. The summed E-state index contributed by atoms with van der Waals surface area (Å²) in [6.07, 6.45) is -3.35. The molecule has 0 bridgehead atoms. The molecular weight excluding hydrogens is 388 g/mol. The van der Waals surface area contributed by atoms with Crippen LogP contribution in [0.1, 0.15) is 16.7 Å². The number of hydrogen-bond acceptors (Lipinski definition) is 5. The standard InChI is InChI=1S/C20H18F4N4O/c21-17-7-6-15(20(22,23)24)11-13(17)10-14-12-27-19(28-18(14)25)26-8-9-29-16-4-2-1-3-5-16/h1-7,11-12H,8-10H2,(H3,25,26,27,28). The molecule has 9 heteroatoms. The third-order valence-electron chi connectivity index (χ3n) is 4.05. The van der Waals surface area contributed by atoms with Gasteiger partial charge in [-0.15, -0.1) is 0 Å². The van der Waals surface area contributed by atoms with Crippen molar-refractivity contribution in [2.45, 2.75) is 12.6 Å². The molecule has 3 rings (SSSR count). The van der Waals surface area contributed by atoms with Crippen LogP contribution in [-0.4, -0.2) is 23.1 Å². The lowest BCUT2D eigenvalue weighted by Gasteiger charge is -2.12. The molecule has 0 saturated heterocycles. The van der Waals surface area contributed by atoms with E-state index in [-0.39, 0.29) is 23.8 Å². The number of halogens is 4. The molecule has 0 aliphatic carbocycles. The fraction of sp³-hybridized carbons (Fsp3) is 0.200. The normalized spacial score (nSPS) is 11.3. The molecular formula is C20H18F4N4O. The Labute approximate surface area is 164 Å². The van der Waals surface area contributed by atoms with Gasteiger partial charge in [0.1, 0.15) is 24.0 Å². The number of nitrogens with two attached hydrogens (primary N) is 1. The van der Waals surface area contributed by atoms with Gasteiger partial charge in [-0.1, -0.05) is 18.2 Å². The van der Waals surface area contributed by atoms with Crippen molar-refractivity contribution in [2.75, 3.05) is 24.2 Å². The molecule has 0 aliphatic heterocycles. The number of nitrogens with one attached hydrogen (secondary N) is 1. The van der Waals surface area contributed by atoms with E-state index >= 15 is 0 Å². The van der Waals surface area contributed by atoms with E-state index in [1.54, 1.807) is 0 Å². The summed E-state index contributed by atoms with van der Waals surface area (Å²) in [6.45, 7) is 0.778. The van der Waals surface area contributed by atoms with Crippen LogP contribution < -0.4 is 15.8 Å². The van der Waals surface area contributed by atoms with Crippen LogP contribution in [0.4, 0.5) is 29.3 Å². The van der Waals surface area contributed by atoms with Gasteiger partial charge in [0.2, 0.25) is 5.95 Å². The van der Waals surface area contributed by atoms with Crippen molar-refractivity contribution in [3.05, 3.63) is 77.2 Å². The van der Waals surface area contributed by atoms with Gasteiger partial charge in [-0.25, -0.2) is 9.37 Å². The number of anilines is 2. The zero-order valence-electron chi connectivity index (χ0n) is 15.2. The lowest BCUT2D eigenvalue weighted by Crippen LogP contribution is -2.14. The Kier molecular flexibility index (Phi) is 6.16. The molecule has 0 radical (unpaired) electrons. The Morgan fingerprint density at radius 3 is 2.48 bits per heavy atom. The number of rotatable bonds is 7. The lowest BCUT2D eigenvalue weighted by atomic mass is 10.0. The monoisotopic (exact) mass is 406 g/mol. The average molecular weight is 406 g/mol. The molecule has 3 N–H and O–H groups in total. The molecule has 0 aliphatic rings. The zero-order valence-corrected chi connectivity index (χ0v) is 15.2. The van der Waals surface area contributed by atoms with Gasteiger partial charge in [0.05, 0.1) is 12.1 Å². The second-order valence-electron chi connectivity index (χ2n) is 6.17. The van der Waals surface area contributed by atoms with Crippen molar-refractivity contribution in [1.29, 1.82) is 0 Å². The van der Waals surface area contributed by atoms with Crippen LogP contribution in [0.3, 0.4) is 0 Å². The fourth-order valence-electron chi connectivity index (χ4n) is 2.58. The molecule has 2 aromatic carbocycles. The molecule has 1 heterocycles. The minimum atomic E-state index is -4.56. The second-order valence-corrected chi connectivity index (χ2v) is 6.17. The van der Waals surface area contributed by atoms with Crippen molar-refractivity contribution in [3.8, 4) is 5.75 Å². The van der Waals surface area contributed by atoms with E-state index in [4.69, 9.17) is 10.5 Å². The predicted molar refractivity (Wildman–Crippen MR) is 101 cm³/mol. The van der Waals surface area contributed by atoms with Gasteiger partial charge in [-0.2, -0.15) is 18.2 Å². The maximum Gasteiger partial charge on any atom is 0.416 e. The molecule has 1 aromatic heterocycles. The molecule has 5 nitrogen and oxygen atoms in total. The Hall–Kier alpha value is -3.36. The Bertz CT molecular complexity index is 964. The van der Waals surface area contributed by atoms with Crippen molar-refractivity contribution in [3.63, 3.8) is 0 Å². The van der Waals surface area contributed by atoms with Crippen LogP contribution in [0.15, 0.2) is 54.7 Å². The Balaban J connectivity index is 1.61. The van der Waals surface area contributed by atoms with Gasteiger partial charge in [-0.05, 0) is 35.9 Å². The largest absolute Gasteiger partial charge is 0.492 e. The number of nitrogen functional groups attached to an aromatic ring is 1. The smallest absolute Gasteiger partial charge is 0.416 e. The number of para-hydroxylation sites is 1. The molecule has 0 saturated carbocycles. The number of ether oxygens (including phenoxy) is 1. The topological polar surface area (TPSA) is 73.1 Å². The highest BCUT2D eigenvalue weighted by Gasteiger charge is 2.31. The molecule has 3 aromatic rings. The van der Waals surface area contributed by atoms with Crippen molar-refractivity contribution in [1.82, 2.24) is 9.97 Å². The van der Waals surface area contributed by atoms with Gasteiger partial charge in [-0.3, -0.25) is 0 Å². The number of hydrogen-bond donors (Lipinski definition) is 2. The van der Waals surface area contributed by atoms with E-state index < -0.39 is 17.6 Å². The molecule has 0 atom stereocenters. The summed E-state index contributed by atoms with van der Waals surface area (Å²) < 4.78 is 58.0. The third-order valence-corrected chi connectivity index (χ3v) is 4.05. The molecule has 0 spiro atoms. The first-order valence-corrected chi connectivity index (χ1v) is 8.71. The van der Waals surface area contributed by atoms with E-state index in [0.29, 0.717) is 24.8 Å². The highest BCUT2D eigenvalue weighted by atomic mass is 19.4. The number of alkyl halides is 3. The first-order valence-electron chi connectivity index (χ1n) is 8.71. The van der Waals surface area contributed by atoms with Crippen LogP contribution in [0.5, 0.6) is 5.75 Å². The van der Waals surface area contributed by atoms with E-state index in [2.05, 4.69) is 15.3 Å². The van der Waals surface area contributed by atoms with Crippen LogP contribution in [0.2, 0.25) is 0 Å². The summed E-state index contributed by atoms with van der Waals surface area (Å²) >= 11 is 0. The van der Waals surface area contributed by atoms with Crippen LogP contribution in [-0.2, 0) is 12.6 Å². The molecule has 152 valence electrons. The first kappa shape index (κ1) is 20.4. The molecule has 0 fully saturated rings. The van der Waals surface area contributed by atoms with Crippen molar-refractivity contribution in [2.24, 2.45) is 0 Å². The molecule has 0 amide bonds. The summed E-state index contributed by atoms with van der Waals surface area (Å²) in [5.74, 6) is 0.279. The summed E-state index contributed by atoms with van der Waals surface area (Å²) in [6, 6.07) is 11.5. The summed E-state index contributed by atoms with van der Waals surface area (Å²) in [5, 5.41) is 2.94. The van der Waals surface area contributed by atoms with Gasteiger partial charge in [0, 0.05) is 18.2 Å². The van der Waals surface area contributed by atoms with Gasteiger partial charge >= 0.3 is 6.18 Å². The van der Waals surface area contributed by atoms with Gasteiger partial charge in [0.25, 0.3) is 0 Å². The zero-order chi connectivity index (χ0) is 20.9. The lowest BCUT2D eigenvalue weighted by molar-refractivity contribution is -0.137. The highest BCUT2D eigenvalue weighted by molar-refractivity contribution is 5.46. The van der Waals surface area contributed by atoms with Crippen molar-refractivity contribution < 1.29 is 22.3 Å². The Morgan fingerprint density at radius 2 is 1.79 bits per heavy atom. The predicted octanol–water partition coefficient (Wildman–Crippen LogP) is 4.30. The number of benzene rings is 2. The van der Waals surface area contributed by atoms with E-state index in [9.17, 15) is 17.6 Å². The molecule has 0 unspecified atom stereocenters. The van der Waals surface area contributed by atoms with Crippen molar-refractivity contribution >= 4 is 11.8 Å². The Morgan fingerprint density at radius 1 is 1.03 bits per heavy atom. The van der Waals surface area contributed by atoms with E-state index in [1.165, 1.54) is 6.20 Å². The van der Waals surface area contributed by atoms with E-state index in [1.807, 2.05) is 30.3 Å². The van der Waals surface area contributed by atoms with Crippen LogP contribution in [0, 0.1) is 5.82 Å². The van der Waals surface area contributed by atoms with Gasteiger partial charge in [0.15, 0.2) is 0 Å². The van der Waals surface area contributed by atoms with Crippen LogP contribution >= 0.6 is 0 Å². The first-order chi connectivity index (χ1) is 13.8. The molecule has 29 heavy (non-hydrogen) atoms. The second kappa shape index (κ2) is 8.76. The minimum Gasteiger partial charge on any atom is -0.492 e. The third kappa shape index (κ3) is 5.56. The van der Waals surface area contributed by atoms with Crippen LogP contribution in [0.25, 0.3) is 0 Å². The quantitative estimate of drug-likeness (QED) is 0.452. The van der Waals surface area contributed by atoms with Gasteiger partial charge < -0.3 is 15.8 Å². The number of nitrogens with zero attached hydrogens (tertiary/aromatic N) is 2. The number of aromatic nitrogens is 2. The van der Waals surface area contributed by atoms with E-state index in [0.717, 1.165) is 17.9 Å². The fourth-order valence-corrected chi connectivity index (χ4v) is 2.58. The maximum absolute atomic E-state index is 13.9. The SMILES string of the molecule is Nc1nc(NCCOc2ccccc2)ncc1Cc1cc(C(F)(F)F)ccc1F. The maximum atomic E-state index is 13.9.